The van der Waals surface area contributed by atoms with E-state index in [0.29, 0.717) is 5.56 Å². The van der Waals surface area contributed by atoms with Gasteiger partial charge in [-0.05, 0) is 11.3 Å². The number of rotatable bonds is 4. The zero-order valence-electron chi connectivity index (χ0n) is 11.9. The number of fused-ring (bicyclic) bond motifs is 1. The third-order valence-corrected chi connectivity index (χ3v) is 3.55. The number of benzene rings is 1. The molecule has 106 valence electrons. The van der Waals surface area contributed by atoms with E-state index in [1.54, 1.807) is 12.4 Å². The topological polar surface area (TPSA) is 59.4 Å². The van der Waals surface area contributed by atoms with E-state index in [1.165, 1.54) is 7.11 Å². The van der Waals surface area contributed by atoms with Crippen LogP contribution in [-0.2, 0) is 9.53 Å². The first-order valence-corrected chi connectivity index (χ1v) is 6.64. The summed E-state index contributed by atoms with van der Waals surface area (Å²) in [7, 11) is 1.34. The zero-order valence-corrected chi connectivity index (χ0v) is 11.9. The Bertz CT molecular complexity index is 604. The lowest BCUT2D eigenvalue weighted by Crippen LogP contribution is -2.28. The summed E-state index contributed by atoms with van der Waals surface area (Å²) in [5.74, 6) is -1.04. The lowest BCUT2D eigenvalue weighted by Gasteiger charge is -2.24. The Kier molecular flexibility index (Phi) is 4.35. The van der Waals surface area contributed by atoms with E-state index in [2.05, 4.69) is 4.98 Å². The molecule has 0 aliphatic carbocycles. The van der Waals surface area contributed by atoms with Crippen molar-refractivity contribution in [3.63, 3.8) is 0 Å². The minimum Gasteiger partial charge on any atom is -0.469 e. The van der Waals surface area contributed by atoms with Crippen LogP contribution in [0.4, 0.5) is 0 Å². The number of nitrogens with zero attached hydrogens (tertiary/aromatic N) is 1. The minimum atomic E-state index is -0.930. The molecule has 4 heteroatoms. The zero-order chi connectivity index (χ0) is 14.7. The van der Waals surface area contributed by atoms with Gasteiger partial charge >= 0.3 is 5.97 Å². The summed E-state index contributed by atoms with van der Waals surface area (Å²) in [4.78, 5) is 16.1. The average molecular weight is 273 g/mol. The molecule has 0 radical (unpaired) electrons. The summed E-state index contributed by atoms with van der Waals surface area (Å²) in [5, 5.41) is 12.5. The van der Waals surface area contributed by atoms with E-state index in [0.717, 1.165) is 10.8 Å². The van der Waals surface area contributed by atoms with Crippen molar-refractivity contribution in [3.05, 3.63) is 42.2 Å². The lowest BCUT2D eigenvalue weighted by atomic mass is 9.85. The Hall–Kier alpha value is -1.94. The maximum absolute atomic E-state index is 11.9. The van der Waals surface area contributed by atoms with Crippen molar-refractivity contribution in [1.29, 1.82) is 0 Å². The molecule has 0 spiro atoms. The lowest BCUT2D eigenvalue weighted by molar-refractivity contribution is -0.151. The Labute approximate surface area is 118 Å². The number of hydrogen-bond acceptors (Lipinski definition) is 4. The van der Waals surface area contributed by atoms with Crippen LogP contribution in [-0.4, -0.2) is 23.2 Å². The van der Waals surface area contributed by atoms with E-state index in [9.17, 15) is 9.90 Å². The second kappa shape index (κ2) is 6.01. The smallest absolute Gasteiger partial charge is 0.311 e. The number of hydrogen-bond donors (Lipinski definition) is 1. The van der Waals surface area contributed by atoms with Crippen molar-refractivity contribution in [3.8, 4) is 0 Å². The van der Waals surface area contributed by atoms with Gasteiger partial charge in [0.15, 0.2) is 0 Å². The molecular weight excluding hydrogens is 254 g/mol. The van der Waals surface area contributed by atoms with Gasteiger partial charge in [-0.3, -0.25) is 9.78 Å². The molecule has 1 aromatic carbocycles. The number of carbonyl (C=O) groups excluding carboxylic acids is 1. The van der Waals surface area contributed by atoms with Gasteiger partial charge in [-0.2, -0.15) is 0 Å². The minimum absolute atomic E-state index is 0.0311. The first-order valence-electron chi connectivity index (χ1n) is 6.64. The van der Waals surface area contributed by atoms with Crippen LogP contribution in [0.2, 0.25) is 0 Å². The van der Waals surface area contributed by atoms with Crippen LogP contribution in [0, 0.1) is 11.8 Å². The summed E-state index contributed by atoms with van der Waals surface area (Å²) < 4.78 is 4.81. The number of aliphatic hydroxyl groups excluding tert-OH is 1. The molecule has 4 nitrogen and oxygen atoms in total. The van der Waals surface area contributed by atoms with E-state index < -0.39 is 18.0 Å². The van der Waals surface area contributed by atoms with Crippen molar-refractivity contribution >= 4 is 16.7 Å². The van der Waals surface area contributed by atoms with E-state index >= 15 is 0 Å². The molecule has 0 bridgehead atoms. The molecule has 1 aromatic heterocycles. The number of ether oxygens (including phenoxy) is 1. The molecule has 2 rings (SSSR count). The number of aromatic nitrogens is 1. The molecular formula is C16H19NO3. The van der Waals surface area contributed by atoms with Crippen molar-refractivity contribution in [2.24, 2.45) is 11.8 Å². The highest BCUT2D eigenvalue weighted by atomic mass is 16.5. The maximum atomic E-state index is 11.9. The molecule has 0 amide bonds. The molecule has 2 unspecified atom stereocenters. The maximum Gasteiger partial charge on any atom is 0.311 e. The van der Waals surface area contributed by atoms with Gasteiger partial charge in [0.2, 0.25) is 0 Å². The normalized spacial score (nSPS) is 14.2. The molecule has 0 aliphatic rings. The Balaban J connectivity index is 2.49. The highest BCUT2D eigenvalue weighted by molar-refractivity contribution is 5.85. The first-order chi connectivity index (χ1) is 9.56. The van der Waals surface area contributed by atoms with Crippen LogP contribution < -0.4 is 0 Å². The van der Waals surface area contributed by atoms with Crippen LogP contribution in [0.3, 0.4) is 0 Å². The van der Waals surface area contributed by atoms with Gasteiger partial charge in [0, 0.05) is 23.3 Å². The van der Waals surface area contributed by atoms with E-state index in [-0.39, 0.29) is 5.92 Å². The predicted octanol–water partition coefficient (Wildman–Crippen LogP) is 2.71. The number of carbonyl (C=O) groups is 1. The van der Waals surface area contributed by atoms with Gasteiger partial charge in [-0.1, -0.05) is 38.1 Å². The van der Waals surface area contributed by atoms with Crippen molar-refractivity contribution in [2.75, 3.05) is 7.11 Å². The first kappa shape index (κ1) is 14.5. The fraction of sp³-hybridized carbons (Fsp3) is 0.375. The molecule has 0 aliphatic heterocycles. The number of esters is 1. The summed E-state index contributed by atoms with van der Waals surface area (Å²) in [5.41, 5.74) is 0.659. The summed E-state index contributed by atoms with van der Waals surface area (Å²) in [6, 6.07) is 7.67. The molecule has 20 heavy (non-hydrogen) atoms. The highest BCUT2D eigenvalue weighted by Crippen LogP contribution is 2.32. The molecule has 1 N–H and O–H groups in total. The van der Waals surface area contributed by atoms with Crippen molar-refractivity contribution < 1.29 is 14.6 Å². The van der Waals surface area contributed by atoms with E-state index in [4.69, 9.17) is 4.74 Å². The fourth-order valence-corrected chi connectivity index (χ4v) is 2.47. The van der Waals surface area contributed by atoms with Gasteiger partial charge in [0.1, 0.15) is 0 Å². The highest BCUT2D eigenvalue weighted by Gasteiger charge is 2.32. The average Bonchev–Trinajstić information content (AvgIpc) is 2.46. The quantitative estimate of drug-likeness (QED) is 0.870. The molecule has 0 saturated carbocycles. The second-order valence-electron chi connectivity index (χ2n) is 5.19. The number of pyridine rings is 1. The number of aliphatic hydroxyl groups is 1. The molecule has 0 fully saturated rings. The summed E-state index contributed by atoms with van der Waals surface area (Å²) in [6.07, 6.45) is 2.43. The van der Waals surface area contributed by atoms with Crippen LogP contribution in [0.1, 0.15) is 25.5 Å². The Morgan fingerprint density at radius 1 is 1.25 bits per heavy atom. The van der Waals surface area contributed by atoms with Crippen LogP contribution in [0.15, 0.2) is 36.7 Å². The Morgan fingerprint density at radius 3 is 2.60 bits per heavy atom. The van der Waals surface area contributed by atoms with Gasteiger partial charge in [0.25, 0.3) is 0 Å². The largest absolute Gasteiger partial charge is 0.469 e. The molecule has 0 saturated heterocycles. The molecule has 2 atom stereocenters. The van der Waals surface area contributed by atoms with Crippen molar-refractivity contribution in [2.45, 2.75) is 20.0 Å². The monoisotopic (exact) mass is 273 g/mol. The van der Waals surface area contributed by atoms with Gasteiger partial charge in [-0.15, -0.1) is 0 Å². The molecule has 2 aromatic rings. The third kappa shape index (κ3) is 2.65. The predicted molar refractivity (Wildman–Crippen MR) is 77.0 cm³/mol. The molecule has 1 heterocycles. The van der Waals surface area contributed by atoms with Gasteiger partial charge < -0.3 is 9.84 Å². The summed E-state index contributed by atoms with van der Waals surface area (Å²) in [6.45, 7) is 3.78. The third-order valence-electron chi connectivity index (χ3n) is 3.55. The summed E-state index contributed by atoms with van der Waals surface area (Å²) >= 11 is 0. The second-order valence-corrected chi connectivity index (χ2v) is 5.19. The van der Waals surface area contributed by atoms with Crippen molar-refractivity contribution in [1.82, 2.24) is 4.98 Å². The van der Waals surface area contributed by atoms with Crippen LogP contribution in [0.25, 0.3) is 10.8 Å². The number of methoxy groups -OCH3 is 1. The van der Waals surface area contributed by atoms with E-state index in [1.807, 2.05) is 38.1 Å². The van der Waals surface area contributed by atoms with Crippen LogP contribution in [0.5, 0.6) is 0 Å². The standard InChI is InChI=1S/C16H19NO3/c1-10(2)14(16(19)20-3)15(18)13-9-17-8-11-6-4-5-7-12(11)13/h4-10,14-15,18H,1-3H3. The van der Waals surface area contributed by atoms with Gasteiger partial charge in [0.05, 0.1) is 19.1 Å². The van der Waals surface area contributed by atoms with Crippen LogP contribution >= 0.6 is 0 Å². The van der Waals surface area contributed by atoms with Gasteiger partial charge in [-0.25, -0.2) is 0 Å². The SMILES string of the molecule is COC(=O)C(C(C)C)C(O)c1cncc2ccccc12. The Morgan fingerprint density at radius 2 is 1.95 bits per heavy atom. The fourth-order valence-electron chi connectivity index (χ4n) is 2.47.